The molecule has 136 valence electrons. The Balaban J connectivity index is 1.42. The fourth-order valence-electron chi connectivity index (χ4n) is 2.62. The molecule has 0 aliphatic heterocycles. The van der Waals surface area contributed by atoms with E-state index in [9.17, 15) is 9.90 Å². The Kier molecular flexibility index (Phi) is 6.16. The van der Waals surface area contributed by atoms with Gasteiger partial charge in [0.25, 0.3) is 0 Å². The first-order chi connectivity index (χ1) is 12.7. The molecule has 0 saturated carbocycles. The lowest BCUT2D eigenvalue weighted by Gasteiger charge is -2.16. The van der Waals surface area contributed by atoms with Crippen LogP contribution < -0.4 is 5.32 Å². The first-order valence-electron chi connectivity index (χ1n) is 8.55. The molecule has 7 nitrogen and oxygen atoms in total. The predicted octanol–water partition coefficient (Wildman–Crippen LogP) is 2.37. The number of nitrogens with zero attached hydrogens (tertiary/aromatic N) is 2. The van der Waals surface area contributed by atoms with Gasteiger partial charge in [-0.1, -0.05) is 35.5 Å². The maximum absolute atomic E-state index is 12.1. The summed E-state index contributed by atoms with van der Waals surface area (Å²) in [4.78, 5) is 16.3. The summed E-state index contributed by atoms with van der Waals surface area (Å²) in [6.07, 6.45) is 3.55. The highest BCUT2D eigenvalue weighted by Crippen LogP contribution is 2.16. The molecular weight excluding hydrogens is 334 g/mol. The monoisotopic (exact) mass is 355 g/mol. The first-order valence-corrected chi connectivity index (χ1v) is 8.55. The number of aliphatic hydroxyl groups excluding tert-OH is 1. The van der Waals surface area contributed by atoms with Crippen molar-refractivity contribution in [3.8, 4) is 11.6 Å². The van der Waals surface area contributed by atoms with Crippen LogP contribution in [-0.4, -0.2) is 33.8 Å². The van der Waals surface area contributed by atoms with Gasteiger partial charge in [0.2, 0.25) is 17.6 Å². The van der Waals surface area contributed by atoms with Crippen LogP contribution in [0.5, 0.6) is 0 Å². The van der Waals surface area contributed by atoms with Crippen molar-refractivity contribution < 1.29 is 18.8 Å². The highest BCUT2D eigenvalue weighted by Gasteiger charge is 2.14. The van der Waals surface area contributed by atoms with Gasteiger partial charge in [-0.25, -0.2) is 0 Å². The number of carbonyl (C=O) groups is 1. The number of amides is 1. The zero-order valence-electron chi connectivity index (χ0n) is 14.3. The number of hydrogen-bond donors (Lipinski definition) is 2. The van der Waals surface area contributed by atoms with Gasteiger partial charge in [0.1, 0.15) is 0 Å². The minimum Gasteiger partial charge on any atom is -0.461 e. The van der Waals surface area contributed by atoms with Crippen LogP contribution in [0.2, 0.25) is 0 Å². The lowest BCUT2D eigenvalue weighted by Crippen LogP contribution is -2.39. The Morgan fingerprint density at radius 2 is 2.04 bits per heavy atom. The SMILES string of the molecule is O=C(CCCc1nc(-c2ccco2)no1)N[C@H](CO)Cc1ccccc1. The number of aliphatic hydroxyl groups is 1. The van der Waals surface area contributed by atoms with Gasteiger partial charge in [-0.3, -0.25) is 4.79 Å². The Morgan fingerprint density at radius 1 is 1.19 bits per heavy atom. The summed E-state index contributed by atoms with van der Waals surface area (Å²) in [5.41, 5.74) is 1.07. The lowest BCUT2D eigenvalue weighted by atomic mass is 10.1. The normalized spacial score (nSPS) is 12.0. The molecule has 7 heteroatoms. The molecule has 0 unspecified atom stereocenters. The molecule has 0 fully saturated rings. The summed E-state index contributed by atoms with van der Waals surface area (Å²) in [7, 11) is 0. The lowest BCUT2D eigenvalue weighted by molar-refractivity contribution is -0.122. The standard InChI is InChI=1S/C19H21N3O4/c23-13-15(12-14-6-2-1-3-7-14)20-17(24)9-4-10-18-21-19(22-26-18)16-8-5-11-25-16/h1-3,5-8,11,15,23H,4,9-10,12-13H2,(H,20,24)/t15-/m0/s1. The summed E-state index contributed by atoms with van der Waals surface area (Å²) in [6, 6.07) is 13.0. The first kappa shape index (κ1) is 17.9. The third-order valence-corrected chi connectivity index (χ3v) is 3.91. The number of aryl methyl sites for hydroxylation is 1. The van der Waals surface area contributed by atoms with Crippen molar-refractivity contribution in [1.82, 2.24) is 15.5 Å². The van der Waals surface area contributed by atoms with Gasteiger partial charge in [-0.05, 0) is 30.5 Å². The van der Waals surface area contributed by atoms with E-state index in [1.165, 1.54) is 0 Å². The van der Waals surface area contributed by atoms with Crippen LogP contribution in [0.3, 0.4) is 0 Å². The van der Waals surface area contributed by atoms with E-state index in [1.807, 2.05) is 30.3 Å². The van der Waals surface area contributed by atoms with E-state index in [2.05, 4.69) is 15.5 Å². The quantitative estimate of drug-likeness (QED) is 0.611. The van der Waals surface area contributed by atoms with Gasteiger partial charge >= 0.3 is 0 Å². The fourth-order valence-corrected chi connectivity index (χ4v) is 2.62. The summed E-state index contributed by atoms with van der Waals surface area (Å²) < 4.78 is 10.4. The second-order valence-corrected chi connectivity index (χ2v) is 5.98. The summed E-state index contributed by atoms with van der Waals surface area (Å²) in [5.74, 6) is 1.31. The minimum absolute atomic E-state index is 0.100. The van der Waals surface area contributed by atoms with E-state index < -0.39 is 0 Å². The zero-order chi connectivity index (χ0) is 18.2. The molecule has 26 heavy (non-hydrogen) atoms. The Hall–Kier alpha value is -2.93. The largest absolute Gasteiger partial charge is 0.461 e. The molecule has 0 radical (unpaired) electrons. The molecule has 3 aromatic rings. The number of benzene rings is 1. The van der Waals surface area contributed by atoms with Gasteiger partial charge < -0.3 is 19.4 Å². The van der Waals surface area contributed by atoms with Crippen LogP contribution in [0.1, 0.15) is 24.3 Å². The second-order valence-electron chi connectivity index (χ2n) is 5.98. The average Bonchev–Trinajstić information content (AvgIpc) is 3.33. The molecule has 1 aromatic carbocycles. The van der Waals surface area contributed by atoms with E-state index in [-0.39, 0.29) is 18.6 Å². The predicted molar refractivity (Wildman–Crippen MR) is 94.1 cm³/mol. The summed E-state index contributed by atoms with van der Waals surface area (Å²) >= 11 is 0. The molecule has 0 aliphatic rings. The van der Waals surface area contributed by atoms with Crippen molar-refractivity contribution in [2.45, 2.75) is 31.7 Å². The van der Waals surface area contributed by atoms with Gasteiger partial charge in [0.15, 0.2) is 5.76 Å². The van der Waals surface area contributed by atoms with E-state index in [4.69, 9.17) is 8.94 Å². The maximum atomic E-state index is 12.1. The number of aromatic nitrogens is 2. The van der Waals surface area contributed by atoms with Crippen molar-refractivity contribution in [3.63, 3.8) is 0 Å². The third-order valence-electron chi connectivity index (χ3n) is 3.91. The number of nitrogens with one attached hydrogen (secondary N) is 1. The molecule has 3 rings (SSSR count). The van der Waals surface area contributed by atoms with Crippen molar-refractivity contribution in [2.24, 2.45) is 0 Å². The van der Waals surface area contributed by atoms with E-state index >= 15 is 0 Å². The highest BCUT2D eigenvalue weighted by molar-refractivity contribution is 5.76. The molecule has 0 spiro atoms. The average molecular weight is 355 g/mol. The van der Waals surface area contributed by atoms with Crippen LogP contribution in [-0.2, 0) is 17.6 Å². The Morgan fingerprint density at radius 3 is 2.77 bits per heavy atom. The number of hydrogen-bond acceptors (Lipinski definition) is 6. The second kappa shape index (κ2) is 8.96. The number of rotatable bonds is 9. The van der Waals surface area contributed by atoms with E-state index in [1.54, 1.807) is 18.4 Å². The minimum atomic E-state index is -0.293. The van der Waals surface area contributed by atoms with Gasteiger partial charge in [0, 0.05) is 12.8 Å². The van der Waals surface area contributed by atoms with Gasteiger partial charge in [-0.15, -0.1) is 0 Å². The number of furan rings is 1. The summed E-state index contributed by atoms with van der Waals surface area (Å²) in [6.45, 7) is -0.100. The van der Waals surface area contributed by atoms with Gasteiger partial charge in [-0.2, -0.15) is 4.98 Å². The maximum Gasteiger partial charge on any atom is 0.238 e. The molecular formula is C19H21N3O4. The van der Waals surface area contributed by atoms with E-state index in [0.29, 0.717) is 43.2 Å². The molecule has 2 aromatic heterocycles. The summed E-state index contributed by atoms with van der Waals surface area (Å²) in [5, 5.41) is 16.2. The molecule has 0 saturated heterocycles. The van der Waals surface area contributed by atoms with Crippen LogP contribution in [0.15, 0.2) is 57.7 Å². The zero-order valence-corrected chi connectivity index (χ0v) is 14.3. The molecule has 0 bridgehead atoms. The van der Waals surface area contributed by atoms with Crippen molar-refractivity contribution in [3.05, 3.63) is 60.2 Å². The molecule has 0 aliphatic carbocycles. The molecule has 1 atom stereocenters. The molecule has 1 amide bonds. The van der Waals surface area contributed by atoms with Crippen LogP contribution in [0.4, 0.5) is 0 Å². The highest BCUT2D eigenvalue weighted by atomic mass is 16.5. The number of carbonyl (C=O) groups excluding carboxylic acids is 1. The van der Waals surface area contributed by atoms with Crippen molar-refractivity contribution >= 4 is 5.91 Å². The molecule has 2 N–H and O–H groups in total. The van der Waals surface area contributed by atoms with Crippen LogP contribution in [0, 0.1) is 0 Å². The fraction of sp³-hybridized carbons (Fsp3) is 0.316. The molecule has 2 heterocycles. The van der Waals surface area contributed by atoms with Crippen molar-refractivity contribution in [1.29, 1.82) is 0 Å². The third kappa shape index (κ3) is 5.03. The van der Waals surface area contributed by atoms with E-state index in [0.717, 1.165) is 5.56 Å². The van der Waals surface area contributed by atoms with Crippen LogP contribution in [0.25, 0.3) is 11.6 Å². The smallest absolute Gasteiger partial charge is 0.238 e. The van der Waals surface area contributed by atoms with Gasteiger partial charge in [0.05, 0.1) is 18.9 Å². The Labute approximate surface area is 151 Å². The van der Waals surface area contributed by atoms with Crippen LogP contribution >= 0.6 is 0 Å². The topological polar surface area (TPSA) is 101 Å². The Bertz CT molecular complexity index is 799. The van der Waals surface area contributed by atoms with Crippen molar-refractivity contribution in [2.75, 3.05) is 6.61 Å².